The summed E-state index contributed by atoms with van der Waals surface area (Å²) in [5.41, 5.74) is 1.28. The molecule has 0 bridgehead atoms. The minimum absolute atomic E-state index is 0.0964. The highest BCUT2D eigenvalue weighted by Crippen LogP contribution is 2.31. The summed E-state index contributed by atoms with van der Waals surface area (Å²) < 4.78 is 22.7. The van der Waals surface area contributed by atoms with Gasteiger partial charge >= 0.3 is 0 Å². The molecular formula is C26H22O5. The van der Waals surface area contributed by atoms with Crippen molar-refractivity contribution in [1.82, 2.24) is 0 Å². The van der Waals surface area contributed by atoms with Crippen LogP contribution in [0.5, 0.6) is 23.0 Å². The van der Waals surface area contributed by atoms with Crippen molar-refractivity contribution in [2.45, 2.75) is 6.92 Å². The van der Waals surface area contributed by atoms with E-state index in [9.17, 15) is 4.79 Å². The molecule has 0 aliphatic heterocycles. The lowest BCUT2D eigenvalue weighted by molar-refractivity contribution is 0.319. The van der Waals surface area contributed by atoms with E-state index in [1.54, 1.807) is 30.3 Å². The molecule has 0 saturated carbocycles. The minimum atomic E-state index is -0.261. The van der Waals surface area contributed by atoms with Gasteiger partial charge in [0.25, 0.3) is 0 Å². The molecule has 3 aromatic carbocycles. The molecule has 5 nitrogen and oxygen atoms in total. The third-order valence-corrected chi connectivity index (χ3v) is 4.54. The summed E-state index contributed by atoms with van der Waals surface area (Å²) in [4.78, 5) is 12.9. The van der Waals surface area contributed by atoms with Crippen LogP contribution in [0.15, 0.2) is 94.3 Å². The van der Waals surface area contributed by atoms with E-state index >= 15 is 0 Å². The summed E-state index contributed by atoms with van der Waals surface area (Å²) in [5, 5.41) is 0.415. The van der Waals surface area contributed by atoms with Crippen molar-refractivity contribution in [1.29, 1.82) is 0 Å². The molecular weight excluding hydrogens is 392 g/mol. The molecule has 1 aromatic heterocycles. The van der Waals surface area contributed by atoms with Crippen LogP contribution in [0.2, 0.25) is 0 Å². The van der Waals surface area contributed by atoms with E-state index in [4.69, 9.17) is 18.6 Å². The summed E-state index contributed by atoms with van der Waals surface area (Å²) in [7, 11) is 0. The molecule has 156 valence electrons. The lowest BCUT2D eigenvalue weighted by atomic mass is 10.2. The first-order chi connectivity index (χ1) is 15.2. The van der Waals surface area contributed by atoms with Crippen LogP contribution in [-0.4, -0.2) is 13.2 Å². The Balaban J connectivity index is 1.49. The van der Waals surface area contributed by atoms with Crippen LogP contribution >= 0.6 is 0 Å². The van der Waals surface area contributed by atoms with E-state index in [0.717, 1.165) is 5.56 Å². The van der Waals surface area contributed by atoms with Gasteiger partial charge in [0.05, 0.1) is 12.0 Å². The fourth-order valence-corrected chi connectivity index (χ4v) is 3.07. The Morgan fingerprint density at radius 1 is 0.871 bits per heavy atom. The zero-order valence-electron chi connectivity index (χ0n) is 17.1. The highest BCUT2D eigenvalue weighted by molar-refractivity contribution is 5.79. The lowest BCUT2D eigenvalue weighted by Crippen LogP contribution is -2.06. The average Bonchev–Trinajstić information content (AvgIpc) is 2.81. The zero-order chi connectivity index (χ0) is 21.5. The third kappa shape index (κ3) is 4.95. The van der Waals surface area contributed by atoms with Gasteiger partial charge < -0.3 is 18.6 Å². The van der Waals surface area contributed by atoms with Crippen LogP contribution in [0.1, 0.15) is 12.5 Å². The van der Waals surface area contributed by atoms with Crippen molar-refractivity contribution in [2.24, 2.45) is 0 Å². The molecule has 0 radical (unpaired) electrons. The van der Waals surface area contributed by atoms with Gasteiger partial charge in [0.1, 0.15) is 24.2 Å². The number of ether oxygens (including phenoxy) is 3. The van der Waals surface area contributed by atoms with Gasteiger partial charge in [-0.25, -0.2) is 0 Å². The third-order valence-electron chi connectivity index (χ3n) is 4.54. The standard InChI is InChI=1S/C26H22O5/c1-2-28-22-12-6-7-13-23(22)31-25-18-30-24-17-20(14-15-21(24)26(25)27)29-16-8-11-19-9-4-3-5-10-19/h3-15,17-18H,2,16H2,1H3/b11-8+. The first kappa shape index (κ1) is 20.3. The molecule has 31 heavy (non-hydrogen) atoms. The number of rotatable bonds is 8. The second-order valence-corrected chi connectivity index (χ2v) is 6.69. The topological polar surface area (TPSA) is 57.9 Å². The van der Waals surface area contributed by atoms with E-state index in [1.807, 2.05) is 61.5 Å². The average molecular weight is 414 g/mol. The monoisotopic (exact) mass is 414 g/mol. The van der Waals surface area contributed by atoms with Crippen LogP contribution in [0.3, 0.4) is 0 Å². The fourth-order valence-electron chi connectivity index (χ4n) is 3.07. The first-order valence-electron chi connectivity index (χ1n) is 10.0. The molecule has 4 rings (SSSR count). The molecule has 5 heteroatoms. The lowest BCUT2D eigenvalue weighted by Gasteiger charge is -2.11. The van der Waals surface area contributed by atoms with Gasteiger partial charge in [-0.1, -0.05) is 48.5 Å². The molecule has 0 fully saturated rings. The Kier molecular flexibility index (Phi) is 6.33. The van der Waals surface area contributed by atoms with Crippen LogP contribution in [-0.2, 0) is 0 Å². The quantitative estimate of drug-likeness (QED) is 0.350. The smallest absolute Gasteiger partial charge is 0.235 e. The predicted octanol–water partition coefficient (Wildman–Crippen LogP) is 6.08. The maximum Gasteiger partial charge on any atom is 0.235 e. The number of fused-ring (bicyclic) bond motifs is 1. The van der Waals surface area contributed by atoms with Gasteiger partial charge in [0.15, 0.2) is 11.5 Å². The first-order valence-corrected chi connectivity index (χ1v) is 10.0. The molecule has 0 saturated heterocycles. The molecule has 0 atom stereocenters. The molecule has 0 aliphatic rings. The van der Waals surface area contributed by atoms with Gasteiger partial charge in [0.2, 0.25) is 11.2 Å². The van der Waals surface area contributed by atoms with E-state index < -0.39 is 0 Å². The highest BCUT2D eigenvalue weighted by atomic mass is 16.5. The maximum atomic E-state index is 12.9. The number of para-hydroxylation sites is 2. The van der Waals surface area contributed by atoms with Crippen molar-refractivity contribution in [3.8, 4) is 23.0 Å². The predicted molar refractivity (Wildman–Crippen MR) is 121 cm³/mol. The molecule has 0 aliphatic carbocycles. The van der Waals surface area contributed by atoms with Gasteiger partial charge in [0, 0.05) is 6.07 Å². The van der Waals surface area contributed by atoms with Crippen molar-refractivity contribution < 1.29 is 18.6 Å². The largest absolute Gasteiger partial charge is 0.490 e. The fraction of sp³-hybridized carbons (Fsp3) is 0.115. The van der Waals surface area contributed by atoms with E-state index in [-0.39, 0.29) is 11.2 Å². The van der Waals surface area contributed by atoms with Crippen molar-refractivity contribution in [3.63, 3.8) is 0 Å². The maximum absolute atomic E-state index is 12.9. The Morgan fingerprint density at radius 2 is 1.65 bits per heavy atom. The number of hydrogen-bond donors (Lipinski definition) is 0. The second-order valence-electron chi connectivity index (χ2n) is 6.69. The van der Waals surface area contributed by atoms with Crippen molar-refractivity contribution in [3.05, 3.63) is 101 Å². The normalized spacial score (nSPS) is 11.0. The summed E-state index contributed by atoms with van der Waals surface area (Å²) in [6, 6.07) is 22.3. The van der Waals surface area contributed by atoms with Gasteiger partial charge in [-0.3, -0.25) is 4.79 Å². The Hall–Kier alpha value is -3.99. The molecule has 0 amide bonds. The summed E-state index contributed by atoms with van der Waals surface area (Å²) in [6.45, 7) is 2.79. The van der Waals surface area contributed by atoms with Gasteiger partial charge in [-0.05, 0) is 42.8 Å². The molecule has 0 unspecified atom stereocenters. The Morgan fingerprint density at radius 3 is 2.45 bits per heavy atom. The van der Waals surface area contributed by atoms with Gasteiger partial charge in [-0.2, -0.15) is 0 Å². The summed E-state index contributed by atoms with van der Waals surface area (Å²) in [6.07, 6.45) is 5.24. The molecule has 0 N–H and O–H groups in total. The minimum Gasteiger partial charge on any atom is -0.490 e. The van der Waals surface area contributed by atoms with Crippen LogP contribution < -0.4 is 19.6 Å². The van der Waals surface area contributed by atoms with E-state index in [0.29, 0.717) is 41.4 Å². The number of benzene rings is 3. The number of hydrogen-bond acceptors (Lipinski definition) is 5. The van der Waals surface area contributed by atoms with E-state index in [1.165, 1.54) is 6.26 Å². The second kappa shape index (κ2) is 9.67. The molecule has 4 aromatic rings. The Bertz CT molecular complexity index is 1240. The Labute approximate surface area is 180 Å². The van der Waals surface area contributed by atoms with Gasteiger partial charge in [-0.15, -0.1) is 0 Å². The van der Waals surface area contributed by atoms with Crippen LogP contribution in [0, 0.1) is 0 Å². The van der Waals surface area contributed by atoms with Crippen LogP contribution in [0.4, 0.5) is 0 Å². The molecule has 0 spiro atoms. The van der Waals surface area contributed by atoms with Crippen molar-refractivity contribution in [2.75, 3.05) is 13.2 Å². The highest BCUT2D eigenvalue weighted by Gasteiger charge is 2.12. The molecule has 1 heterocycles. The summed E-state index contributed by atoms with van der Waals surface area (Å²) >= 11 is 0. The SMILES string of the molecule is CCOc1ccccc1Oc1coc2cc(OC/C=C/c3ccccc3)ccc2c1=O. The van der Waals surface area contributed by atoms with E-state index in [2.05, 4.69) is 0 Å². The summed E-state index contributed by atoms with van der Waals surface area (Å²) in [5.74, 6) is 1.74. The zero-order valence-corrected chi connectivity index (χ0v) is 17.1. The van der Waals surface area contributed by atoms with Crippen molar-refractivity contribution >= 4 is 17.0 Å². The van der Waals surface area contributed by atoms with Crippen LogP contribution in [0.25, 0.3) is 17.0 Å².